The second-order valence-electron chi connectivity index (χ2n) is 7.78. The molecule has 9 heteroatoms. The maximum atomic E-state index is 6.02. The van der Waals surface area contributed by atoms with Crippen LogP contribution in [-0.2, 0) is 16.0 Å². The van der Waals surface area contributed by atoms with Crippen LogP contribution in [0.4, 0.5) is 11.6 Å². The van der Waals surface area contributed by atoms with Crippen LogP contribution in [-0.4, -0.2) is 75.6 Å². The van der Waals surface area contributed by atoms with E-state index in [4.69, 9.17) is 18.6 Å². The number of hydrogen-bond acceptors (Lipinski definition) is 9. The molecule has 31 heavy (non-hydrogen) atoms. The largest absolute Gasteiger partial charge is 0.476 e. The highest BCUT2D eigenvalue weighted by Gasteiger charge is 2.15. The van der Waals surface area contributed by atoms with Crippen LogP contribution in [0.2, 0.25) is 0 Å². The smallest absolute Gasteiger partial charge is 0.238 e. The molecule has 2 aliphatic rings. The molecule has 0 saturated carbocycles. The summed E-state index contributed by atoms with van der Waals surface area (Å²) in [6.07, 6.45) is 0. The van der Waals surface area contributed by atoms with Crippen LogP contribution in [0.3, 0.4) is 0 Å². The number of azo groups is 1. The summed E-state index contributed by atoms with van der Waals surface area (Å²) in [6, 6.07) is 5.94. The lowest BCUT2D eigenvalue weighted by atomic mass is 10.2. The van der Waals surface area contributed by atoms with Crippen molar-refractivity contribution >= 4 is 11.6 Å². The second kappa shape index (κ2) is 10.7. The normalized spacial score (nSPS) is 18.1. The van der Waals surface area contributed by atoms with Gasteiger partial charge in [-0.3, -0.25) is 4.90 Å². The standard InChI is InChI=1S/C22H31N5O4/c1-17-13-22(31-18(17)2)25-23-16-19-14-20(27-6-10-29-11-7-27)15-21(24-19)30-12-5-26-3-8-28-9-4-26/h13-15H,3-12,16H2,1-2H3. The van der Waals surface area contributed by atoms with Gasteiger partial charge in [0.05, 0.1) is 32.1 Å². The van der Waals surface area contributed by atoms with E-state index in [-0.39, 0.29) is 0 Å². The first-order chi connectivity index (χ1) is 15.2. The Labute approximate surface area is 183 Å². The molecule has 168 valence electrons. The number of ether oxygens (including phenoxy) is 3. The van der Waals surface area contributed by atoms with E-state index in [2.05, 4.69) is 31.1 Å². The molecular weight excluding hydrogens is 398 g/mol. The number of anilines is 1. The summed E-state index contributed by atoms with van der Waals surface area (Å²) in [5, 5.41) is 8.50. The minimum atomic E-state index is 0.358. The predicted molar refractivity (Wildman–Crippen MR) is 116 cm³/mol. The van der Waals surface area contributed by atoms with E-state index in [9.17, 15) is 0 Å². The molecule has 4 rings (SSSR count). The fourth-order valence-corrected chi connectivity index (χ4v) is 3.59. The summed E-state index contributed by atoms with van der Waals surface area (Å²) < 4.78 is 22.5. The molecule has 0 unspecified atom stereocenters. The Bertz CT molecular complexity index is 853. The lowest BCUT2D eigenvalue weighted by Gasteiger charge is -2.29. The topological polar surface area (TPSA) is 84.9 Å². The highest BCUT2D eigenvalue weighted by atomic mass is 16.5. The van der Waals surface area contributed by atoms with Gasteiger partial charge in [0.15, 0.2) is 0 Å². The predicted octanol–water partition coefficient (Wildman–Crippen LogP) is 3.12. The molecule has 0 N–H and O–H groups in total. The molecule has 2 fully saturated rings. The van der Waals surface area contributed by atoms with Crippen LogP contribution < -0.4 is 9.64 Å². The van der Waals surface area contributed by atoms with Gasteiger partial charge in [-0.05, 0) is 25.5 Å². The third-order valence-electron chi connectivity index (χ3n) is 5.53. The molecule has 2 aromatic rings. The zero-order valence-corrected chi connectivity index (χ0v) is 18.4. The molecule has 2 saturated heterocycles. The number of pyridine rings is 1. The van der Waals surface area contributed by atoms with Crippen molar-refractivity contribution in [2.24, 2.45) is 10.2 Å². The van der Waals surface area contributed by atoms with E-state index in [1.165, 1.54) is 0 Å². The van der Waals surface area contributed by atoms with Gasteiger partial charge in [0.25, 0.3) is 0 Å². The fraction of sp³-hybridized carbons (Fsp3) is 0.591. The Morgan fingerprint density at radius 1 is 1.00 bits per heavy atom. The van der Waals surface area contributed by atoms with Crippen LogP contribution >= 0.6 is 0 Å². The number of nitrogens with zero attached hydrogens (tertiary/aromatic N) is 5. The van der Waals surface area contributed by atoms with Crippen molar-refractivity contribution in [3.05, 3.63) is 35.2 Å². The van der Waals surface area contributed by atoms with Crippen molar-refractivity contribution in [3.8, 4) is 5.88 Å². The molecule has 0 radical (unpaired) electrons. The van der Waals surface area contributed by atoms with Gasteiger partial charge in [-0.2, -0.15) is 5.11 Å². The maximum Gasteiger partial charge on any atom is 0.238 e. The molecule has 0 aliphatic carbocycles. The van der Waals surface area contributed by atoms with Gasteiger partial charge in [0.1, 0.15) is 18.9 Å². The zero-order valence-electron chi connectivity index (χ0n) is 18.4. The molecule has 0 amide bonds. The van der Waals surface area contributed by atoms with Crippen molar-refractivity contribution in [2.75, 3.05) is 70.7 Å². The molecular formula is C22H31N5O4. The van der Waals surface area contributed by atoms with Crippen LogP contribution in [0, 0.1) is 13.8 Å². The van der Waals surface area contributed by atoms with Crippen molar-refractivity contribution in [3.63, 3.8) is 0 Å². The van der Waals surface area contributed by atoms with E-state index >= 15 is 0 Å². The molecule has 0 spiro atoms. The summed E-state index contributed by atoms with van der Waals surface area (Å²) in [7, 11) is 0. The molecule has 2 aromatic heterocycles. The van der Waals surface area contributed by atoms with Gasteiger partial charge >= 0.3 is 0 Å². The maximum absolute atomic E-state index is 6.02. The number of aromatic nitrogens is 1. The molecule has 0 atom stereocenters. The Morgan fingerprint density at radius 3 is 2.45 bits per heavy atom. The summed E-state index contributed by atoms with van der Waals surface area (Å²) in [6.45, 7) is 12.3. The summed E-state index contributed by atoms with van der Waals surface area (Å²) in [5.74, 6) is 1.99. The molecule has 2 aliphatic heterocycles. The first kappa shape index (κ1) is 21.7. The van der Waals surface area contributed by atoms with Crippen molar-refractivity contribution in [1.29, 1.82) is 0 Å². The molecule has 9 nitrogen and oxygen atoms in total. The Morgan fingerprint density at radius 2 is 1.74 bits per heavy atom. The molecule has 4 heterocycles. The number of morpholine rings is 2. The van der Waals surface area contributed by atoms with Gasteiger partial charge in [-0.1, -0.05) is 0 Å². The Balaban J connectivity index is 1.42. The third-order valence-corrected chi connectivity index (χ3v) is 5.53. The quantitative estimate of drug-likeness (QED) is 0.596. The minimum Gasteiger partial charge on any atom is -0.476 e. The van der Waals surface area contributed by atoms with E-state index in [1.807, 2.05) is 26.0 Å². The van der Waals surface area contributed by atoms with Gasteiger partial charge in [0.2, 0.25) is 11.8 Å². The zero-order chi connectivity index (χ0) is 21.5. The van der Waals surface area contributed by atoms with E-state index in [0.717, 1.165) is 81.9 Å². The number of aryl methyl sites for hydroxylation is 2. The lowest BCUT2D eigenvalue weighted by molar-refractivity contribution is 0.0320. The number of furan rings is 1. The van der Waals surface area contributed by atoms with Gasteiger partial charge in [0, 0.05) is 50.5 Å². The van der Waals surface area contributed by atoms with E-state index in [0.29, 0.717) is 24.9 Å². The Hall–Kier alpha value is -2.49. The summed E-state index contributed by atoms with van der Waals surface area (Å²) in [4.78, 5) is 9.29. The van der Waals surface area contributed by atoms with E-state index < -0.39 is 0 Å². The monoisotopic (exact) mass is 429 g/mol. The first-order valence-corrected chi connectivity index (χ1v) is 10.9. The second-order valence-corrected chi connectivity index (χ2v) is 7.78. The van der Waals surface area contributed by atoms with Crippen LogP contribution in [0.15, 0.2) is 32.8 Å². The third kappa shape index (κ3) is 6.25. The van der Waals surface area contributed by atoms with Crippen molar-refractivity contribution in [2.45, 2.75) is 20.4 Å². The van der Waals surface area contributed by atoms with Crippen molar-refractivity contribution < 1.29 is 18.6 Å². The Kier molecular flexibility index (Phi) is 7.50. The van der Waals surface area contributed by atoms with Crippen molar-refractivity contribution in [1.82, 2.24) is 9.88 Å². The van der Waals surface area contributed by atoms with Gasteiger partial charge in [-0.25, -0.2) is 4.98 Å². The fourth-order valence-electron chi connectivity index (χ4n) is 3.59. The van der Waals surface area contributed by atoms with Crippen LogP contribution in [0.1, 0.15) is 17.0 Å². The highest BCUT2D eigenvalue weighted by molar-refractivity contribution is 5.50. The number of rotatable bonds is 8. The minimum absolute atomic E-state index is 0.358. The van der Waals surface area contributed by atoms with Gasteiger partial charge < -0.3 is 23.5 Å². The average molecular weight is 430 g/mol. The van der Waals surface area contributed by atoms with Crippen LogP contribution in [0.25, 0.3) is 0 Å². The number of hydrogen-bond donors (Lipinski definition) is 0. The lowest BCUT2D eigenvalue weighted by Crippen LogP contribution is -2.38. The summed E-state index contributed by atoms with van der Waals surface area (Å²) >= 11 is 0. The summed E-state index contributed by atoms with van der Waals surface area (Å²) in [5.41, 5.74) is 2.96. The average Bonchev–Trinajstić information content (AvgIpc) is 3.12. The first-order valence-electron chi connectivity index (χ1n) is 10.9. The van der Waals surface area contributed by atoms with E-state index in [1.54, 1.807) is 0 Å². The highest BCUT2D eigenvalue weighted by Crippen LogP contribution is 2.24. The molecule has 0 bridgehead atoms. The van der Waals surface area contributed by atoms with Gasteiger partial charge in [-0.15, -0.1) is 5.11 Å². The van der Waals surface area contributed by atoms with Crippen LogP contribution in [0.5, 0.6) is 5.88 Å². The SMILES string of the molecule is Cc1cc(N=NCc2cc(N3CCOCC3)cc(OCCN3CCOCC3)n2)oc1C. The molecule has 0 aromatic carbocycles.